The van der Waals surface area contributed by atoms with Crippen molar-refractivity contribution in [2.45, 2.75) is 0 Å². The lowest BCUT2D eigenvalue weighted by atomic mass is 11.9. The molecule has 0 aliphatic heterocycles. The molecule has 0 aromatic heterocycles. The van der Waals surface area contributed by atoms with Gasteiger partial charge < -0.3 is 9.79 Å². The minimum atomic E-state index is -3.13. The zero-order valence-electron chi connectivity index (χ0n) is 3.24. The predicted molar refractivity (Wildman–Crippen MR) is 22.1 cm³/mol. The summed E-state index contributed by atoms with van der Waals surface area (Å²) in [6.07, 6.45) is 0. The van der Waals surface area contributed by atoms with Crippen LogP contribution in [0.5, 0.6) is 0 Å². The third kappa shape index (κ3) is 1710. The predicted octanol–water partition coefficient (Wildman–Crippen LogP) is -1.09. The second kappa shape index (κ2) is 17.1. The highest BCUT2D eigenvalue weighted by Crippen LogP contribution is 1.98. The molecule has 5 nitrogen and oxygen atoms in total. The minimum absolute atomic E-state index is 0. The summed E-state index contributed by atoms with van der Waals surface area (Å²) in [5, 5.41) is 0. The summed E-state index contributed by atoms with van der Waals surface area (Å²) in [7, 11) is -3.13. The Morgan fingerprint density at radius 2 is 1.29 bits per heavy atom. The van der Waals surface area contributed by atoms with E-state index in [4.69, 9.17) is 19.1 Å². The molecule has 0 saturated heterocycles. The van der Waals surface area contributed by atoms with Gasteiger partial charge in [0.25, 0.3) is 0 Å². The van der Waals surface area contributed by atoms with E-state index in [9.17, 15) is 0 Å². The zero-order valence-corrected chi connectivity index (χ0v) is 4.24. The summed E-state index contributed by atoms with van der Waals surface area (Å²) in [5.41, 5.74) is 0. The van der Waals surface area contributed by atoms with Crippen molar-refractivity contribution in [2.75, 3.05) is 0 Å². The van der Waals surface area contributed by atoms with Gasteiger partial charge in [0, 0.05) is 0 Å². The van der Waals surface area contributed by atoms with Gasteiger partial charge in [-0.3, -0.25) is 14.8 Å². The van der Waals surface area contributed by atoms with E-state index in [0.29, 0.717) is 0 Å². The number of carbonyl (C=O) groups excluding carboxylic acids is 1. The fourth-order valence-electron chi connectivity index (χ4n) is 0. The molecule has 0 aromatic rings. The quantitative estimate of drug-likeness (QED) is 0.284. The summed E-state index contributed by atoms with van der Waals surface area (Å²) in [4.78, 5) is 22.1. The Labute approximate surface area is 40.9 Å². The summed E-state index contributed by atoms with van der Waals surface area (Å²) in [5.74, 6) is 0. The van der Waals surface area contributed by atoms with Gasteiger partial charge in [0.05, 0.1) is 0 Å². The highest BCUT2D eigenvalue weighted by Gasteiger charge is 1.61. The van der Waals surface area contributed by atoms with E-state index >= 15 is 0 Å². The third-order valence-electron chi connectivity index (χ3n) is 0. The highest BCUT2D eigenvalue weighted by atomic mass is 31.1. The molecule has 0 bridgehead atoms. The van der Waals surface area contributed by atoms with Crippen molar-refractivity contribution >= 4 is 15.0 Å². The molecule has 0 aliphatic rings. The highest BCUT2D eigenvalue weighted by molar-refractivity contribution is 7.30. The van der Waals surface area contributed by atoms with Gasteiger partial charge in [0.15, 0.2) is 6.79 Å². The lowest BCUT2D eigenvalue weighted by Crippen LogP contribution is -1.38. The van der Waals surface area contributed by atoms with E-state index in [2.05, 4.69) is 6.79 Å². The molecule has 0 fully saturated rings. The molecule has 6 heteroatoms. The molecule has 7 heavy (non-hydrogen) atoms. The molecule has 0 atom stereocenters. The Kier molecular flexibility index (Phi) is 38.7. The Bertz CT molecular complexity index is 39.3. The van der Waals surface area contributed by atoms with Gasteiger partial charge in [-0.2, -0.15) is 0 Å². The van der Waals surface area contributed by atoms with Crippen LogP contribution in [0.4, 0.5) is 0 Å². The minimum Gasteiger partial charge on any atom is -0.326 e. The van der Waals surface area contributed by atoms with Gasteiger partial charge in [-0.05, 0) is 0 Å². The van der Waals surface area contributed by atoms with Gasteiger partial charge in [0.1, 0.15) is 0 Å². The van der Waals surface area contributed by atoms with Crippen LogP contribution in [0.25, 0.3) is 0 Å². The van der Waals surface area contributed by atoms with Crippen molar-refractivity contribution in [1.82, 2.24) is 0 Å². The standard InChI is InChI=1S/CHO.H3O3P.HO/c1-2;1-4(2)3;/h1H;4H,(H2,1,2,3);1H. The first-order valence-electron chi connectivity index (χ1n) is 0.887. The SMILES string of the molecule is O=[PH](O)O.[CH]=O.[OH]. The van der Waals surface area contributed by atoms with E-state index in [1.807, 2.05) is 0 Å². The van der Waals surface area contributed by atoms with Crippen LogP contribution in [0.2, 0.25) is 0 Å². The lowest BCUT2D eigenvalue weighted by molar-refractivity contribution is 0.405. The van der Waals surface area contributed by atoms with Crippen LogP contribution in [0, 0.1) is 0 Å². The molecule has 3 N–H and O–H groups in total. The first-order chi connectivity index (χ1) is 2.73. The molecular formula is CH5O5P. The van der Waals surface area contributed by atoms with Crippen molar-refractivity contribution < 1.29 is 24.6 Å². The number of rotatable bonds is 0. The maximum Gasteiger partial charge on any atom is 0.314 e. The van der Waals surface area contributed by atoms with Crippen molar-refractivity contribution in [3.63, 3.8) is 0 Å². The fourth-order valence-corrected chi connectivity index (χ4v) is 0. The van der Waals surface area contributed by atoms with Crippen molar-refractivity contribution in [2.24, 2.45) is 0 Å². The second-order valence-corrected chi connectivity index (χ2v) is 0.848. The summed E-state index contributed by atoms with van der Waals surface area (Å²) < 4.78 is 8.74. The third-order valence-corrected chi connectivity index (χ3v) is 0. The van der Waals surface area contributed by atoms with Crippen LogP contribution in [-0.2, 0) is 9.36 Å². The lowest BCUT2D eigenvalue weighted by Gasteiger charge is -1.61. The Hall–Kier alpha value is -0.220. The second-order valence-electron chi connectivity index (χ2n) is 0.283. The van der Waals surface area contributed by atoms with Crippen molar-refractivity contribution in [3.8, 4) is 0 Å². The van der Waals surface area contributed by atoms with Gasteiger partial charge >= 0.3 is 8.25 Å². The summed E-state index contributed by atoms with van der Waals surface area (Å²) in [6.45, 7) is 3.25. The van der Waals surface area contributed by atoms with Crippen LogP contribution in [0.15, 0.2) is 0 Å². The Balaban J connectivity index is -0.0000000480. The first-order valence-corrected chi connectivity index (χ1v) is 2.19. The van der Waals surface area contributed by atoms with Crippen LogP contribution in [0.1, 0.15) is 0 Å². The topological polar surface area (TPSA) is 105 Å². The Morgan fingerprint density at radius 1 is 1.29 bits per heavy atom. The van der Waals surface area contributed by atoms with Gasteiger partial charge in [-0.25, -0.2) is 0 Å². The molecule has 0 aromatic carbocycles. The monoisotopic (exact) mass is 128 g/mol. The maximum absolute atomic E-state index is 8.74. The molecular weight excluding hydrogens is 123 g/mol. The van der Waals surface area contributed by atoms with E-state index in [-0.39, 0.29) is 5.48 Å². The molecule has 0 heterocycles. The molecule has 0 unspecified atom stereocenters. The molecule has 0 saturated carbocycles. The van der Waals surface area contributed by atoms with Gasteiger partial charge in [0.2, 0.25) is 0 Å². The van der Waals surface area contributed by atoms with Crippen molar-refractivity contribution in [1.29, 1.82) is 0 Å². The maximum atomic E-state index is 8.74. The fraction of sp³-hybridized carbons (Fsp3) is 0. The van der Waals surface area contributed by atoms with Crippen molar-refractivity contribution in [3.05, 3.63) is 0 Å². The molecule has 0 spiro atoms. The van der Waals surface area contributed by atoms with Crippen LogP contribution in [-0.4, -0.2) is 22.1 Å². The van der Waals surface area contributed by atoms with Gasteiger partial charge in [-0.15, -0.1) is 0 Å². The van der Waals surface area contributed by atoms with E-state index < -0.39 is 8.25 Å². The average Bonchev–Trinajstić information content (AvgIpc) is 1.41. The smallest absolute Gasteiger partial charge is 0.314 e. The number of hydrogen-bond acceptors (Lipinski definition) is 2. The first kappa shape index (κ1) is 15.9. The molecule has 44 valence electrons. The summed E-state index contributed by atoms with van der Waals surface area (Å²) in [6, 6.07) is 0. The molecule has 0 rings (SSSR count). The van der Waals surface area contributed by atoms with Gasteiger partial charge in [-0.1, -0.05) is 0 Å². The van der Waals surface area contributed by atoms with E-state index in [1.54, 1.807) is 0 Å². The normalized spacial score (nSPS) is 5.57. The largest absolute Gasteiger partial charge is 0.326 e. The molecule has 0 amide bonds. The number of hydrogen-bond donors (Lipinski definition) is 3. The zero-order chi connectivity index (χ0) is 5.58. The van der Waals surface area contributed by atoms with E-state index in [1.165, 1.54) is 0 Å². The van der Waals surface area contributed by atoms with Crippen LogP contribution >= 0.6 is 8.25 Å². The molecule has 0 aliphatic carbocycles. The molecule has 2 radical (unpaired) electrons. The van der Waals surface area contributed by atoms with Crippen LogP contribution in [0.3, 0.4) is 0 Å². The van der Waals surface area contributed by atoms with Crippen LogP contribution < -0.4 is 0 Å². The van der Waals surface area contributed by atoms with E-state index in [0.717, 1.165) is 0 Å². The Morgan fingerprint density at radius 3 is 1.29 bits per heavy atom. The average molecular weight is 128 g/mol. The summed E-state index contributed by atoms with van der Waals surface area (Å²) >= 11 is 0.